The van der Waals surface area contributed by atoms with E-state index in [9.17, 15) is 9.59 Å². The first-order valence-corrected chi connectivity index (χ1v) is 11.1. The van der Waals surface area contributed by atoms with Crippen LogP contribution in [0.5, 0.6) is 5.75 Å². The van der Waals surface area contributed by atoms with Gasteiger partial charge < -0.3 is 19.9 Å². The summed E-state index contributed by atoms with van der Waals surface area (Å²) in [5.74, 6) is 0.833. The SMILES string of the molecule is CCCCC(=O)NCc1ccc(-c2ccc(OCC(=O)N3CCN(C)CC3)cc2)cc1. The molecule has 0 spiro atoms. The number of likely N-dealkylation sites (N-methyl/N-ethyl adjacent to an activating group) is 1. The highest BCUT2D eigenvalue weighted by atomic mass is 16.5. The van der Waals surface area contributed by atoms with Crippen LogP contribution in [-0.2, 0) is 16.1 Å². The molecule has 0 aliphatic carbocycles. The third-order valence-corrected chi connectivity index (χ3v) is 5.61. The number of ether oxygens (including phenoxy) is 1. The van der Waals surface area contributed by atoms with Crippen molar-refractivity contribution in [3.63, 3.8) is 0 Å². The smallest absolute Gasteiger partial charge is 0.260 e. The summed E-state index contributed by atoms with van der Waals surface area (Å²) in [6.45, 7) is 6.04. The molecule has 0 saturated carbocycles. The summed E-state index contributed by atoms with van der Waals surface area (Å²) in [4.78, 5) is 28.1. The predicted octanol–water partition coefficient (Wildman–Crippen LogP) is 3.31. The summed E-state index contributed by atoms with van der Waals surface area (Å²) >= 11 is 0. The summed E-state index contributed by atoms with van der Waals surface area (Å²) in [6.07, 6.45) is 2.54. The van der Waals surface area contributed by atoms with Crippen LogP contribution in [0.25, 0.3) is 11.1 Å². The standard InChI is InChI=1S/C25H33N3O3/c1-3-4-5-24(29)26-18-20-6-8-21(9-7-20)22-10-12-23(13-11-22)31-19-25(30)28-16-14-27(2)15-17-28/h6-13H,3-5,14-19H2,1-2H3,(H,26,29). The maximum atomic E-state index is 12.3. The van der Waals surface area contributed by atoms with Crippen molar-refractivity contribution in [1.82, 2.24) is 15.1 Å². The molecule has 166 valence electrons. The normalized spacial score (nSPS) is 14.3. The zero-order chi connectivity index (χ0) is 22.1. The van der Waals surface area contributed by atoms with Crippen molar-refractivity contribution in [2.75, 3.05) is 39.8 Å². The molecule has 6 nitrogen and oxygen atoms in total. The molecule has 31 heavy (non-hydrogen) atoms. The number of unbranched alkanes of at least 4 members (excludes halogenated alkanes) is 1. The number of carbonyl (C=O) groups excluding carboxylic acids is 2. The lowest BCUT2D eigenvalue weighted by atomic mass is 10.0. The fraction of sp³-hybridized carbons (Fsp3) is 0.440. The Morgan fingerprint density at radius 1 is 0.935 bits per heavy atom. The van der Waals surface area contributed by atoms with Gasteiger partial charge in [-0.05, 0) is 42.3 Å². The second-order valence-corrected chi connectivity index (χ2v) is 8.07. The van der Waals surface area contributed by atoms with E-state index in [1.165, 1.54) is 0 Å². The Balaban J connectivity index is 1.47. The van der Waals surface area contributed by atoms with Crippen molar-refractivity contribution in [3.8, 4) is 16.9 Å². The molecule has 1 aliphatic rings. The largest absolute Gasteiger partial charge is 0.484 e. The van der Waals surface area contributed by atoms with E-state index in [0.717, 1.165) is 55.7 Å². The zero-order valence-electron chi connectivity index (χ0n) is 18.6. The van der Waals surface area contributed by atoms with Gasteiger partial charge in [-0.25, -0.2) is 0 Å². The van der Waals surface area contributed by atoms with E-state index in [-0.39, 0.29) is 18.4 Å². The van der Waals surface area contributed by atoms with Gasteiger partial charge in [-0.1, -0.05) is 49.7 Å². The number of carbonyl (C=O) groups is 2. The van der Waals surface area contributed by atoms with Gasteiger partial charge in [-0.15, -0.1) is 0 Å². The van der Waals surface area contributed by atoms with E-state index >= 15 is 0 Å². The molecular formula is C25H33N3O3. The van der Waals surface area contributed by atoms with Crippen molar-refractivity contribution in [2.45, 2.75) is 32.7 Å². The monoisotopic (exact) mass is 423 g/mol. The van der Waals surface area contributed by atoms with Gasteiger partial charge in [0.05, 0.1) is 0 Å². The Labute approximate surface area is 185 Å². The summed E-state index contributed by atoms with van der Waals surface area (Å²) < 4.78 is 5.70. The molecule has 3 rings (SSSR count). The summed E-state index contributed by atoms with van der Waals surface area (Å²) in [6, 6.07) is 16.0. The highest BCUT2D eigenvalue weighted by Gasteiger charge is 2.19. The molecule has 2 amide bonds. The van der Waals surface area contributed by atoms with Crippen molar-refractivity contribution < 1.29 is 14.3 Å². The van der Waals surface area contributed by atoms with Gasteiger partial charge in [-0.2, -0.15) is 0 Å². The molecule has 0 bridgehead atoms. The van der Waals surface area contributed by atoms with E-state index in [1.54, 1.807) is 0 Å². The van der Waals surface area contributed by atoms with Crippen LogP contribution in [0.1, 0.15) is 31.7 Å². The molecule has 0 aromatic heterocycles. The summed E-state index contributed by atoms with van der Waals surface area (Å²) in [5, 5.41) is 2.96. The highest BCUT2D eigenvalue weighted by Crippen LogP contribution is 2.23. The lowest BCUT2D eigenvalue weighted by molar-refractivity contribution is -0.134. The molecule has 1 saturated heterocycles. The van der Waals surface area contributed by atoms with Crippen molar-refractivity contribution in [3.05, 3.63) is 54.1 Å². The fourth-order valence-corrected chi connectivity index (χ4v) is 3.48. The number of piperazine rings is 1. The highest BCUT2D eigenvalue weighted by molar-refractivity contribution is 5.78. The van der Waals surface area contributed by atoms with Crippen LogP contribution >= 0.6 is 0 Å². The van der Waals surface area contributed by atoms with Crippen LogP contribution in [0.3, 0.4) is 0 Å². The molecule has 0 unspecified atom stereocenters. The Morgan fingerprint density at radius 3 is 2.16 bits per heavy atom. The molecule has 2 aromatic carbocycles. The van der Waals surface area contributed by atoms with E-state index in [1.807, 2.05) is 41.3 Å². The zero-order valence-corrected chi connectivity index (χ0v) is 18.6. The number of nitrogens with zero attached hydrogens (tertiary/aromatic N) is 2. The number of amides is 2. The average molecular weight is 424 g/mol. The van der Waals surface area contributed by atoms with Gasteiger partial charge in [0.15, 0.2) is 6.61 Å². The Bertz CT molecular complexity index is 841. The van der Waals surface area contributed by atoms with E-state index in [0.29, 0.717) is 18.7 Å². The van der Waals surface area contributed by atoms with Crippen LogP contribution in [0, 0.1) is 0 Å². The van der Waals surface area contributed by atoms with Crippen LogP contribution in [0.15, 0.2) is 48.5 Å². The topological polar surface area (TPSA) is 61.9 Å². The van der Waals surface area contributed by atoms with Gasteiger partial charge >= 0.3 is 0 Å². The van der Waals surface area contributed by atoms with Crippen molar-refractivity contribution in [2.24, 2.45) is 0 Å². The second kappa shape index (κ2) is 11.5. The first kappa shape index (κ1) is 22.8. The third kappa shape index (κ3) is 7.10. The Hall–Kier alpha value is -2.86. The average Bonchev–Trinajstić information content (AvgIpc) is 2.81. The first-order valence-electron chi connectivity index (χ1n) is 11.1. The van der Waals surface area contributed by atoms with Gasteiger partial charge in [-0.3, -0.25) is 9.59 Å². The Morgan fingerprint density at radius 2 is 1.55 bits per heavy atom. The van der Waals surface area contributed by atoms with Crippen LogP contribution < -0.4 is 10.1 Å². The molecule has 1 fully saturated rings. The minimum Gasteiger partial charge on any atom is -0.484 e. The van der Waals surface area contributed by atoms with E-state index < -0.39 is 0 Å². The molecule has 1 N–H and O–H groups in total. The van der Waals surface area contributed by atoms with Crippen LogP contribution in [0.4, 0.5) is 0 Å². The molecule has 0 atom stereocenters. The Kier molecular flexibility index (Phi) is 8.47. The maximum absolute atomic E-state index is 12.3. The minimum absolute atomic E-state index is 0.0366. The summed E-state index contributed by atoms with van der Waals surface area (Å²) in [5.41, 5.74) is 3.26. The van der Waals surface area contributed by atoms with E-state index in [4.69, 9.17) is 4.74 Å². The quantitative estimate of drug-likeness (QED) is 0.672. The van der Waals surface area contributed by atoms with Gasteiger partial charge in [0.1, 0.15) is 5.75 Å². The molecular weight excluding hydrogens is 390 g/mol. The molecule has 2 aromatic rings. The molecule has 6 heteroatoms. The first-order chi connectivity index (χ1) is 15.0. The summed E-state index contributed by atoms with van der Waals surface area (Å²) in [7, 11) is 2.07. The lowest BCUT2D eigenvalue weighted by Crippen LogP contribution is -2.48. The number of nitrogens with one attached hydrogen (secondary N) is 1. The van der Waals surface area contributed by atoms with Gasteiger partial charge in [0.25, 0.3) is 5.91 Å². The predicted molar refractivity (Wildman–Crippen MR) is 123 cm³/mol. The fourth-order valence-electron chi connectivity index (χ4n) is 3.48. The van der Waals surface area contributed by atoms with Crippen molar-refractivity contribution in [1.29, 1.82) is 0 Å². The second-order valence-electron chi connectivity index (χ2n) is 8.07. The van der Waals surface area contributed by atoms with Gasteiger partial charge in [0, 0.05) is 39.1 Å². The number of benzene rings is 2. The lowest BCUT2D eigenvalue weighted by Gasteiger charge is -2.32. The molecule has 1 aliphatic heterocycles. The minimum atomic E-state index is 0.0366. The number of hydrogen-bond acceptors (Lipinski definition) is 4. The third-order valence-electron chi connectivity index (χ3n) is 5.61. The molecule has 0 radical (unpaired) electrons. The van der Waals surface area contributed by atoms with Gasteiger partial charge in [0.2, 0.25) is 5.91 Å². The van der Waals surface area contributed by atoms with E-state index in [2.05, 4.69) is 36.3 Å². The maximum Gasteiger partial charge on any atom is 0.260 e. The van der Waals surface area contributed by atoms with Crippen molar-refractivity contribution >= 4 is 11.8 Å². The number of rotatable bonds is 9. The molecule has 1 heterocycles. The van der Waals surface area contributed by atoms with Crippen LogP contribution in [0.2, 0.25) is 0 Å². The number of hydrogen-bond donors (Lipinski definition) is 1. The van der Waals surface area contributed by atoms with Crippen LogP contribution in [-0.4, -0.2) is 61.4 Å².